The van der Waals surface area contributed by atoms with Crippen molar-refractivity contribution < 1.29 is 13.7 Å². The maximum Gasteiger partial charge on any atom is 0.393 e. The van der Waals surface area contributed by atoms with Crippen LogP contribution in [0.5, 0.6) is 0 Å². The standard InChI is InChI=1S/C40H36N3/c1-28-13-10-23-41-26-22-31-16-4-6-18-33(31)38-29(2)14-11-24-42(38)40(27-32-17-5-7-19-34(32)37(28)41)36-21-9-8-20-35(36)39-30(3)15-12-25-43(39)40/h4-21,23-25H,22,26-27H2,1-3H3/q+3. The second kappa shape index (κ2) is 9.84. The molecule has 43 heavy (non-hydrogen) atoms. The van der Waals surface area contributed by atoms with E-state index in [4.69, 9.17) is 0 Å². The van der Waals surface area contributed by atoms with Crippen molar-refractivity contribution in [3.8, 4) is 33.8 Å². The molecule has 0 saturated carbocycles. The Morgan fingerprint density at radius 3 is 1.70 bits per heavy atom. The third-order valence-electron chi connectivity index (χ3n) is 9.68. The maximum absolute atomic E-state index is 2.60. The van der Waals surface area contributed by atoms with Gasteiger partial charge in [0.2, 0.25) is 17.1 Å². The van der Waals surface area contributed by atoms with Gasteiger partial charge in [-0.3, -0.25) is 0 Å². The minimum atomic E-state index is -0.519. The fourth-order valence-electron chi connectivity index (χ4n) is 7.82. The third kappa shape index (κ3) is 3.77. The van der Waals surface area contributed by atoms with Gasteiger partial charge in [-0.15, -0.1) is 9.13 Å². The zero-order valence-electron chi connectivity index (χ0n) is 25.1. The summed E-state index contributed by atoms with van der Waals surface area (Å²) in [6.45, 7) is 7.69. The Morgan fingerprint density at radius 1 is 0.488 bits per heavy atom. The zero-order chi connectivity index (χ0) is 29.1. The number of hydrogen-bond donors (Lipinski definition) is 0. The molecular formula is C40H36N3+3. The Labute approximate surface area is 254 Å². The summed E-state index contributed by atoms with van der Waals surface area (Å²) in [6, 6.07) is 40.6. The lowest BCUT2D eigenvalue weighted by atomic mass is 9.86. The Morgan fingerprint density at radius 2 is 1.00 bits per heavy atom. The van der Waals surface area contributed by atoms with Crippen molar-refractivity contribution in [1.82, 2.24) is 0 Å². The molecule has 0 saturated heterocycles. The molecule has 6 aromatic rings. The van der Waals surface area contributed by atoms with Crippen molar-refractivity contribution in [2.75, 3.05) is 0 Å². The van der Waals surface area contributed by atoms with Crippen molar-refractivity contribution >= 4 is 0 Å². The topological polar surface area (TPSA) is 11.6 Å². The molecule has 3 aromatic carbocycles. The average Bonchev–Trinajstić information content (AvgIpc) is 3.31. The minimum Gasteiger partial charge on any atom is -0.198 e. The van der Waals surface area contributed by atoms with Crippen LogP contribution in [0.4, 0.5) is 0 Å². The predicted molar refractivity (Wildman–Crippen MR) is 170 cm³/mol. The molecular weight excluding hydrogens is 522 g/mol. The molecule has 1 spiro atoms. The van der Waals surface area contributed by atoms with Crippen LogP contribution in [0.15, 0.2) is 128 Å². The first-order valence-corrected chi connectivity index (χ1v) is 15.4. The lowest BCUT2D eigenvalue weighted by Crippen LogP contribution is -2.74. The number of aromatic nitrogens is 3. The molecule has 0 N–H and O–H groups in total. The second-order valence-corrected chi connectivity index (χ2v) is 12.2. The van der Waals surface area contributed by atoms with Crippen LogP contribution in [-0.2, 0) is 25.0 Å². The molecule has 8 rings (SSSR count). The third-order valence-corrected chi connectivity index (χ3v) is 9.68. The summed E-state index contributed by atoms with van der Waals surface area (Å²) in [5.41, 5.74) is 15.2. The number of rotatable bonds is 0. The molecule has 1 atom stereocenters. The molecule has 0 radical (unpaired) electrons. The molecule has 0 fully saturated rings. The van der Waals surface area contributed by atoms with Gasteiger partial charge in [-0.2, -0.15) is 4.57 Å². The van der Waals surface area contributed by atoms with Crippen LogP contribution in [0.2, 0.25) is 0 Å². The zero-order valence-corrected chi connectivity index (χ0v) is 25.1. The van der Waals surface area contributed by atoms with Gasteiger partial charge in [-0.1, -0.05) is 48.5 Å². The van der Waals surface area contributed by atoms with Gasteiger partial charge in [0.25, 0.3) is 0 Å². The van der Waals surface area contributed by atoms with E-state index in [9.17, 15) is 0 Å². The number of nitrogens with zero attached hydrogens (tertiary/aromatic N) is 3. The Balaban J connectivity index is 1.57. The Hall–Kier alpha value is -4.89. The molecule has 3 nitrogen and oxygen atoms in total. The summed E-state index contributed by atoms with van der Waals surface area (Å²) in [5, 5.41) is 0. The largest absolute Gasteiger partial charge is 0.393 e. The van der Waals surface area contributed by atoms with Crippen LogP contribution < -0.4 is 13.7 Å². The van der Waals surface area contributed by atoms with E-state index in [2.05, 4.69) is 162 Å². The lowest BCUT2D eigenvalue weighted by molar-refractivity contribution is -0.970. The van der Waals surface area contributed by atoms with E-state index in [0.717, 1.165) is 19.4 Å². The van der Waals surface area contributed by atoms with E-state index >= 15 is 0 Å². The summed E-state index contributed by atoms with van der Waals surface area (Å²) in [7, 11) is 0. The van der Waals surface area contributed by atoms with Crippen LogP contribution in [0.1, 0.15) is 33.4 Å². The smallest absolute Gasteiger partial charge is 0.198 e. The molecule has 0 bridgehead atoms. The molecule has 1 unspecified atom stereocenters. The van der Waals surface area contributed by atoms with Gasteiger partial charge in [0, 0.05) is 41.3 Å². The van der Waals surface area contributed by atoms with E-state index in [1.807, 2.05) is 0 Å². The van der Waals surface area contributed by atoms with Crippen molar-refractivity contribution in [3.05, 3.63) is 161 Å². The maximum atomic E-state index is 2.60. The van der Waals surface area contributed by atoms with Gasteiger partial charge in [0.05, 0.1) is 16.7 Å². The molecule has 3 aromatic heterocycles. The SMILES string of the molecule is Cc1ccc[n+]2c1-c1ccccc1CC1(c3ccccc3-c3c(C)ccc[n+]31)[n+]1cccc(C)c1-c1ccccc1CC2. The Kier molecular flexibility index (Phi) is 5.90. The number of hydrogen-bond acceptors (Lipinski definition) is 0. The van der Waals surface area contributed by atoms with Crippen LogP contribution in [0.25, 0.3) is 33.8 Å². The Bertz CT molecular complexity index is 2050. The summed E-state index contributed by atoms with van der Waals surface area (Å²) in [5.74, 6) is 0. The summed E-state index contributed by atoms with van der Waals surface area (Å²) in [4.78, 5) is 0. The predicted octanol–water partition coefficient (Wildman–Crippen LogP) is 6.84. The van der Waals surface area contributed by atoms with E-state index in [0.29, 0.717) is 0 Å². The van der Waals surface area contributed by atoms with Crippen molar-refractivity contribution in [1.29, 1.82) is 0 Å². The fraction of sp³-hybridized carbons (Fsp3) is 0.175. The van der Waals surface area contributed by atoms with Gasteiger partial charge in [0.15, 0.2) is 25.1 Å². The molecule has 3 heteroatoms. The van der Waals surface area contributed by atoms with E-state index in [1.54, 1.807) is 0 Å². The van der Waals surface area contributed by atoms with Crippen LogP contribution >= 0.6 is 0 Å². The summed E-state index contributed by atoms with van der Waals surface area (Å²) >= 11 is 0. The first-order valence-electron chi connectivity index (χ1n) is 15.4. The van der Waals surface area contributed by atoms with Crippen LogP contribution in [0.3, 0.4) is 0 Å². The number of benzene rings is 3. The van der Waals surface area contributed by atoms with Gasteiger partial charge >= 0.3 is 5.66 Å². The van der Waals surface area contributed by atoms with Gasteiger partial charge in [-0.05, 0) is 74.4 Å². The molecule has 0 amide bonds. The highest BCUT2D eigenvalue weighted by atomic mass is 15.3. The molecule has 5 heterocycles. The highest BCUT2D eigenvalue weighted by molar-refractivity contribution is 5.70. The van der Waals surface area contributed by atoms with E-state index in [-0.39, 0.29) is 0 Å². The number of pyridine rings is 3. The molecule has 2 aliphatic rings. The summed E-state index contributed by atoms with van der Waals surface area (Å²) in [6.07, 6.45) is 8.63. The highest BCUT2D eigenvalue weighted by Crippen LogP contribution is 2.42. The number of aryl methyl sites for hydroxylation is 5. The number of fused-ring (bicyclic) bond motifs is 12. The van der Waals surface area contributed by atoms with Crippen molar-refractivity contribution in [2.45, 2.75) is 45.8 Å². The average molecular weight is 559 g/mol. The highest BCUT2D eigenvalue weighted by Gasteiger charge is 2.61. The van der Waals surface area contributed by atoms with E-state index in [1.165, 1.54) is 67.2 Å². The van der Waals surface area contributed by atoms with E-state index < -0.39 is 5.66 Å². The molecule has 2 aliphatic heterocycles. The molecule has 0 aliphatic carbocycles. The first-order chi connectivity index (χ1) is 21.1. The van der Waals surface area contributed by atoms with Gasteiger partial charge in [-0.25, -0.2) is 0 Å². The lowest BCUT2D eigenvalue weighted by Gasteiger charge is -2.25. The second-order valence-electron chi connectivity index (χ2n) is 12.2. The van der Waals surface area contributed by atoms with Crippen LogP contribution in [0, 0.1) is 20.8 Å². The quantitative estimate of drug-likeness (QED) is 0.181. The monoisotopic (exact) mass is 558 g/mol. The normalized spacial score (nSPS) is 16.5. The van der Waals surface area contributed by atoms with Gasteiger partial charge in [0.1, 0.15) is 12.0 Å². The first kappa shape index (κ1) is 25.8. The van der Waals surface area contributed by atoms with Crippen molar-refractivity contribution in [3.63, 3.8) is 0 Å². The molecule has 208 valence electrons. The fourth-order valence-corrected chi connectivity index (χ4v) is 7.82. The summed E-state index contributed by atoms with van der Waals surface area (Å²) < 4.78 is 7.63. The van der Waals surface area contributed by atoms with Crippen LogP contribution in [-0.4, -0.2) is 0 Å². The van der Waals surface area contributed by atoms with Gasteiger partial charge < -0.3 is 0 Å². The minimum absolute atomic E-state index is 0.519. The van der Waals surface area contributed by atoms with Crippen molar-refractivity contribution in [2.24, 2.45) is 0 Å².